The van der Waals surface area contributed by atoms with Crippen LogP contribution < -0.4 is 0 Å². The van der Waals surface area contributed by atoms with Gasteiger partial charge in [-0.15, -0.1) is 11.3 Å². The maximum atomic E-state index is 10.9. The Balaban J connectivity index is 2.54. The maximum absolute atomic E-state index is 10.9. The Hall–Kier alpha value is -1.67. The first kappa shape index (κ1) is 10.5. The highest BCUT2D eigenvalue weighted by atomic mass is 32.1. The van der Waals surface area contributed by atoms with Crippen LogP contribution >= 0.6 is 11.3 Å². The van der Waals surface area contributed by atoms with E-state index in [1.165, 1.54) is 31.3 Å². The zero-order valence-corrected chi connectivity index (χ0v) is 10.6. The van der Waals surface area contributed by atoms with Gasteiger partial charge in [0.05, 0.1) is 0 Å². The number of carbonyl (C=O) groups is 1. The van der Waals surface area contributed by atoms with E-state index in [0.717, 1.165) is 11.8 Å². The minimum atomic E-state index is 0.748. The van der Waals surface area contributed by atoms with Crippen LogP contribution in [0.3, 0.4) is 0 Å². The Bertz CT molecular complexity index is 737. The first-order valence-electron chi connectivity index (χ1n) is 5.58. The molecule has 1 nitrogen and oxygen atoms in total. The summed E-state index contributed by atoms with van der Waals surface area (Å²) >= 11 is 1.79. The smallest absolute Gasteiger partial charge is 0.150 e. The number of fused-ring (bicyclic) bond motifs is 3. The fourth-order valence-electron chi connectivity index (χ4n) is 2.23. The van der Waals surface area contributed by atoms with Crippen molar-refractivity contribution >= 4 is 37.8 Å². The van der Waals surface area contributed by atoms with Crippen molar-refractivity contribution in [1.82, 2.24) is 0 Å². The minimum absolute atomic E-state index is 0.748. The van der Waals surface area contributed by atoms with Crippen molar-refractivity contribution in [1.29, 1.82) is 0 Å². The summed E-state index contributed by atoms with van der Waals surface area (Å²) in [6.07, 6.45) is 0.911. The first-order chi connectivity index (χ1) is 8.20. The third-order valence-electron chi connectivity index (χ3n) is 3.33. The van der Waals surface area contributed by atoms with Gasteiger partial charge in [0.25, 0.3) is 0 Å². The molecule has 0 bridgehead atoms. The first-order valence-corrected chi connectivity index (χ1v) is 6.40. The van der Waals surface area contributed by atoms with Gasteiger partial charge in [-0.3, -0.25) is 4.79 Å². The van der Waals surface area contributed by atoms with E-state index >= 15 is 0 Å². The van der Waals surface area contributed by atoms with Crippen molar-refractivity contribution in [2.75, 3.05) is 0 Å². The summed E-state index contributed by atoms with van der Waals surface area (Å²) < 4.78 is 2.55. The van der Waals surface area contributed by atoms with E-state index in [2.05, 4.69) is 26.0 Å². The predicted molar refractivity (Wildman–Crippen MR) is 74.2 cm³/mol. The molecule has 0 N–H and O–H groups in total. The van der Waals surface area contributed by atoms with Gasteiger partial charge in [0.2, 0.25) is 0 Å². The average Bonchev–Trinajstić information content (AvgIpc) is 2.71. The van der Waals surface area contributed by atoms with Crippen molar-refractivity contribution in [3.05, 3.63) is 47.0 Å². The van der Waals surface area contributed by atoms with Gasteiger partial charge >= 0.3 is 0 Å². The van der Waals surface area contributed by atoms with Gasteiger partial charge in [-0.05, 0) is 43.2 Å². The standard InChI is InChI=1S/C15H12OS/c1-9-3-5-14-15(10(9)2)12-7-11(8-16)4-6-13(12)17-14/h3-8H,1-2H3. The average molecular weight is 240 g/mol. The van der Waals surface area contributed by atoms with E-state index in [9.17, 15) is 4.79 Å². The van der Waals surface area contributed by atoms with Gasteiger partial charge in [-0.25, -0.2) is 0 Å². The molecule has 2 heteroatoms. The number of hydrogen-bond acceptors (Lipinski definition) is 2. The second kappa shape index (κ2) is 3.67. The molecule has 3 aromatic rings. The van der Waals surface area contributed by atoms with Gasteiger partial charge in [-0.1, -0.05) is 12.1 Å². The number of thiophene rings is 1. The summed E-state index contributed by atoms with van der Waals surface area (Å²) in [7, 11) is 0. The highest BCUT2D eigenvalue weighted by Gasteiger charge is 2.09. The van der Waals surface area contributed by atoms with Crippen molar-refractivity contribution < 1.29 is 4.79 Å². The Morgan fingerprint density at radius 2 is 1.82 bits per heavy atom. The summed E-state index contributed by atoms with van der Waals surface area (Å²) in [6.45, 7) is 4.28. The molecule has 0 aliphatic heterocycles. The second-order valence-corrected chi connectivity index (χ2v) is 5.44. The monoisotopic (exact) mass is 240 g/mol. The van der Waals surface area contributed by atoms with Crippen LogP contribution in [0.2, 0.25) is 0 Å². The highest BCUT2D eigenvalue weighted by molar-refractivity contribution is 7.25. The number of benzene rings is 2. The SMILES string of the molecule is Cc1ccc2sc3ccc(C=O)cc3c2c1C. The number of hydrogen-bond donors (Lipinski definition) is 0. The molecule has 0 spiro atoms. The Morgan fingerprint density at radius 3 is 2.59 bits per heavy atom. The summed E-state index contributed by atoms with van der Waals surface area (Å²) in [6, 6.07) is 10.2. The minimum Gasteiger partial charge on any atom is -0.298 e. The molecule has 0 saturated heterocycles. The molecule has 0 aliphatic carbocycles. The zero-order chi connectivity index (χ0) is 12.0. The van der Waals surface area contributed by atoms with Crippen LogP contribution in [-0.4, -0.2) is 6.29 Å². The molecule has 0 fully saturated rings. The lowest BCUT2D eigenvalue weighted by Crippen LogP contribution is -1.82. The Kier molecular flexibility index (Phi) is 2.26. The lowest BCUT2D eigenvalue weighted by molar-refractivity contribution is 0.112. The third-order valence-corrected chi connectivity index (χ3v) is 4.46. The normalized spacial score (nSPS) is 11.2. The molecule has 0 saturated carbocycles. The fourth-order valence-corrected chi connectivity index (χ4v) is 3.38. The van der Waals surface area contributed by atoms with Crippen LogP contribution in [0.4, 0.5) is 0 Å². The second-order valence-electron chi connectivity index (χ2n) is 4.36. The highest BCUT2D eigenvalue weighted by Crippen LogP contribution is 2.37. The maximum Gasteiger partial charge on any atom is 0.150 e. The molecule has 1 heterocycles. The topological polar surface area (TPSA) is 17.1 Å². The molecule has 1 aromatic heterocycles. The van der Waals surface area contributed by atoms with E-state index in [1.54, 1.807) is 11.3 Å². The zero-order valence-electron chi connectivity index (χ0n) is 9.78. The molecule has 0 amide bonds. The van der Waals surface area contributed by atoms with Crippen LogP contribution in [0, 0.1) is 13.8 Å². The van der Waals surface area contributed by atoms with Crippen molar-refractivity contribution in [3.8, 4) is 0 Å². The van der Waals surface area contributed by atoms with Gasteiger partial charge < -0.3 is 0 Å². The molecule has 17 heavy (non-hydrogen) atoms. The molecule has 0 aliphatic rings. The van der Waals surface area contributed by atoms with Crippen LogP contribution in [0.1, 0.15) is 21.5 Å². The molecular formula is C15H12OS. The van der Waals surface area contributed by atoms with Gasteiger partial charge in [-0.2, -0.15) is 0 Å². The molecule has 0 radical (unpaired) electrons. The van der Waals surface area contributed by atoms with Gasteiger partial charge in [0.15, 0.2) is 0 Å². The molecule has 2 aromatic carbocycles. The largest absolute Gasteiger partial charge is 0.298 e. The molecule has 0 unspecified atom stereocenters. The van der Waals surface area contributed by atoms with Gasteiger partial charge in [0.1, 0.15) is 6.29 Å². The van der Waals surface area contributed by atoms with E-state index in [-0.39, 0.29) is 0 Å². The molecular weight excluding hydrogens is 228 g/mol. The Labute approximate surface area is 104 Å². The fraction of sp³-hybridized carbons (Fsp3) is 0.133. The van der Waals surface area contributed by atoms with Crippen molar-refractivity contribution in [3.63, 3.8) is 0 Å². The predicted octanol–water partition coefficient (Wildman–Crippen LogP) is 4.48. The van der Waals surface area contributed by atoms with E-state index < -0.39 is 0 Å². The number of aryl methyl sites for hydroxylation is 2. The molecule has 84 valence electrons. The van der Waals surface area contributed by atoms with Crippen molar-refractivity contribution in [2.24, 2.45) is 0 Å². The van der Waals surface area contributed by atoms with E-state index in [0.29, 0.717) is 0 Å². The lowest BCUT2D eigenvalue weighted by Gasteiger charge is -2.02. The van der Waals surface area contributed by atoms with Crippen LogP contribution in [0.25, 0.3) is 20.2 Å². The lowest BCUT2D eigenvalue weighted by atomic mass is 10.0. The molecule has 3 rings (SSSR count). The number of carbonyl (C=O) groups excluding carboxylic acids is 1. The summed E-state index contributed by atoms with van der Waals surface area (Å²) in [5.41, 5.74) is 3.36. The van der Waals surface area contributed by atoms with Crippen LogP contribution in [0.15, 0.2) is 30.3 Å². The third kappa shape index (κ3) is 1.48. The van der Waals surface area contributed by atoms with Gasteiger partial charge in [0, 0.05) is 25.7 Å². The van der Waals surface area contributed by atoms with Crippen molar-refractivity contribution in [2.45, 2.75) is 13.8 Å². The van der Waals surface area contributed by atoms with E-state index in [1.807, 2.05) is 18.2 Å². The summed E-state index contributed by atoms with van der Waals surface area (Å²) in [5.74, 6) is 0. The quantitative estimate of drug-likeness (QED) is 0.573. The Morgan fingerprint density at radius 1 is 1.06 bits per heavy atom. The summed E-state index contributed by atoms with van der Waals surface area (Å²) in [4.78, 5) is 10.9. The summed E-state index contributed by atoms with van der Waals surface area (Å²) in [5, 5.41) is 2.50. The van der Waals surface area contributed by atoms with E-state index in [4.69, 9.17) is 0 Å². The van der Waals surface area contributed by atoms with Crippen LogP contribution in [-0.2, 0) is 0 Å². The number of aldehydes is 1. The number of rotatable bonds is 1. The molecule has 0 atom stereocenters. The van der Waals surface area contributed by atoms with Crippen LogP contribution in [0.5, 0.6) is 0 Å².